The molecule has 0 spiro atoms. The molecule has 1 aliphatic heterocycles. The molecule has 1 heterocycles. The third kappa shape index (κ3) is 3.97. The number of carbonyl (C=O) groups excluding carboxylic acids is 2. The largest absolute Gasteiger partial charge is 0.507 e. The van der Waals surface area contributed by atoms with Gasteiger partial charge in [-0.3, -0.25) is 9.59 Å². The predicted molar refractivity (Wildman–Crippen MR) is 110 cm³/mol. The Morgan fingerprint density at radius 3 is 2.41 bits per heavy atom. The summed E-state index contributed by atoms with van der Waals surface area (Å²) in [4.78, 5) is 27.1. The molecule has 0 saturated carbocycles. The molecule has 152 valence electrons. The van der Waals surface area contributed by atoms with Crippen molar-refractivity contribution in [3.05, 3.63) is 65.2 Å². The van der Waals surface area contributed by atoms with E-state index in [1.165, 1.54) is 4.90 Å². The average Bonchev–Trinajstić information content (AvgIpc) is 2.99. The quantitative estimate of drug-likeness (QED) is 0.437. The normalized spacial score (nSPS) is 18.2. The van der Waals surface area contributed by atoms with Gasteiger partial charge in [-0.05, 0) is 55.3 Å². The van der Waals surface area contributed by atoms with Gasteiger partial charge in [0.2, 0.25) is 0 Å². The summed E-state index contributed by atoms with van der Waals surface area (Å²) in [6.07, 6.45) is 0.692. The molecule has 3 rings (SSSR count). The molecule has 29 heavy (non-hydrogen) atoms. The topological polar surface area (TPSA) is 76.1 Å². The summed E-state index contributed by atoms with van der Waals surface area (Å²) in [6.45, 7) is 4.74. The van der Waals surface area contributed by atoms with Gasteiger partial charge in [-0.1, -0.05) is 19.1 Å². The van der Waals surface area contributed by atoms with Gasteiger partial charge < -0.3 is 19.5 Å². The molecule has 0 aliphatic carbocycles. The summed E-state index contributed by atoms with van der Waals surface area (Å²) in [5.74, 6) is -0.200. The van der Waals surface area contributed by atoms with Gasteiger partial charge in [-0.2, -0.15) is 0 Å². The van der Waals surface area contributed by atoms with Gasteiger partial charge in [-0.25, -0.2) is 0 Å². The van der Waals surface area contributed by atoms with E-state index in [1.807, 2.05) is 38.1 Å². The maximum absolute atomic E-state index is 12.9. The number of hydrogen-bond acceptors (Lipinski definition) is 5. The van der Waals surface area contributed by atoms with E-state index in [1.54, 1.807) is 31.4 Å². The molecule has 1 saturated heterocycles. The van der Waals surface area contributed by atoms with E-state index in [0.29, 0.717) is 36.6 Å². The van der Waals surface area contributed by atoms with Crippen molar-refractivity contribution in [2.24, 2.45) is 0 Å². The molecular formula is C23H25NO5. The van der Waals surface area contributed by atoms with E-state index in [2.05, 4.69) is 0 Å². The first kappa shape index (κ1) is 20.5. The number of hydrogen-bond donors (Lipinski definition) is 1. The van der Waals surface area contributed by atoms with Crippen LogP contribution in [0.5, 0.6) is 11.5 Å². The van der Waals surface area contributed by atoms with Crippen molar-refractivity contribution in [2.45, 2.75) is 26.3 Å². The van der Waals surface area contributed by atoms with Crippen molar-refractivity contribution < 1.29 is 24.2 Å². The standard InChI is InChI=1S/C23H25NO5/c1-4-13-24-20(16-7-6-8-18(14-16)29-5-2)19(22(26)23(24)27)21(25)15-9-11-17(28-3)12-10-15/h6-12,14,20,25H,4-5,13H2,1-3H3/b21-19-. The van der Waals surface area contributed by atoms with Crippen LogP contribution in [0.2, 0.25) is 0 Å². The number of aliphatic hydroxyl groups is 1. The molecule has 2 aromatic carbocycles. The molecule has 0 bridgehead atoms. The van der Waals surface area contributed by atoms with Crippen molar-refractivity contribution in [1.29, 1.82) is 0 Å². The number of ketones is 1. The zero-order valence-corrected chi connectivity index (χ0v) is 16.8. The minimum atomic E-state index is -0.682. The van der Waals surface area contributed by atoms with Crippen LogP contribution in [0.1, 0.15) is 37.4 Å². The minimum Gasteiger partial charge on any atom is -0.507 e. The van der Waals surface area contributed by atoms with Crippen molar-refractivity contribution in [3.8, 4) is 11.5 Å². The third-order valence-electron chi connectivity index (χ3n) is 4.85. The maximum Gasteiger partial charge on any atom is 0.295 e. The number of likely N-dealkylation sites (tertiary alicyclic amines) is 1. The monoisotopic (exact) mass is 395 g/mol. The van der Waals surface area contributed by atoms with Crippen LogP contribution in [-0.4, -0.2) is 42.0 Å². The fraction of sp³-hybridized carbons (Fsp3) is 0.304. The fourth-order valence-corrected chi connectivity index (χ4v) is 3.54. The number of nitrogens with zero attached hydrogens (tertiary/aromatic N) is 1. The van der Waals surface area contributed by atoms with Crippen LogP contribution in [-0.2, 0) is 9.59 Å². The summed E-state index contributed by atoms with van der Waals surface area (Å²) >= 11 is 0. The van der Waals surface area contributed by atoms with E-state index in [-0.39, 0.29) is 11.3 Å². The smallest absolute Gasteiger partial charge is 0.295 e. The molecule has 2 aromatic rings. The Labute approximate surface area is 170 Å². The molecule has 1 N–H and O–H groups in total. The Morgan fingerprint density at radius 1 is 1.07 bits per heavy atom. The highest BCUT2D eigenvalue weighted by Crippen LogP contribution is 2.40. The highest BCUT2D eigenvalue weighted by Gasteiger charge is 2.45. The molecule has 1 unspecified atom stereocenters. The molecule has 6 heteroatoms. The SMILES string of the molecule is CCCN1C(=O)C(=O)/C(=C(\O)c2ccc(OC)cc2)C1c1cccc(OCC)c1. The molecule has 1 aliphatic rings. The van der Waals surface area contributed by atoms with E-state index < -0.39 is 17.7 Å². The van der Waals surface area contributed by atoms with Crippen LogP contribution in [0, 0.1) is 0 Å². The number of Topliss-reactive ketones (excluding diaryl/α,β-unsaturated/α-hetero) is 1. The summed E-state index contributed by atoms with van der Waals surface area (Å²) in [6, 6.07) is 13.3. The lowest BCUT2D eigenvalue weighted by atomic mass is 9.95. The molecule has 0 aromatic heterocycles. The Kier molecular flexibility index (Phi) is 6.22. The van der Waals surface area contributed by atoms with Crippen LogP contribution < -0.4 is 9.47 Å². The first-order chi connectivity index (χ1) is 14.0. The highest BCUT2D eigenvalue weighted by molar-refractivity contribution is 6.46. The molecule has 0 radical (unpaired) electrons. The van der Waals surface area contributed by atoms with Gasteiger partial charge in [0.05, 0.1) is 25.3 Å². The van der Waals surface area contributed by atoms with Gasteiger partial charge in [0.15, 0.2) is 0 Å². The van der Waals surface area contributed by atoms with Gasteiger partial charge in [0.25, 0.3) is 11.7 Å². The van der Waals surface area contributed by atoms with E-state index in [4.69, 9.17) is 9.47 Å². The van der Waals surface area contributed by atoms with Gasteiger partial charge in [0, 0.05) is 12.1 Å². The number of aliphatic hydroxyl groups excluding tert-OH is 1. The Hall–Kier alpha value is -3.28. The second-order valence-electron chi connectivity index (χ2n) is 6.73. The molecule has 1 amide bonds. The second-order valence-corrected chi connectivity index (χ2v) is 6.73. The number of methoxy groups -OCH3 is 1. The van der Waals surface area contributed by atoms with Crippen molar-refractivity contribution in [3.63, 3.8) is 0 Å². The Balaban J connectivity index is 2.14. The van der Waals surface area contributed by atoms with Crippen molar-refractivity contribution in [2.75, 3.05) is 20.3 Å². The summed E-state index contributed by atoms with van der Waals surface area (Å²) in [7, 11) is 1.55. The zero-order valence-electron chi connectivity index (χ0n) is 16.8. The highest BCUT2D eigenvalue weighted by atomic mass is 16.5. The van der Waals surface area contributed by atoms with Gasteiger partial charge >= 0.3 is 0 Å². The number of amides is 1. The predicted octanol–water partition coefficient (Wildman–Crippen LogP) is 3.93. The van der Waals surface area contributed by atoms with Crippen molar-refractivity contribution >= 4 is 17.4 Å². The minimum absolute atomic E-state index is 0.0854. The second kappa shape index (κ2) is 8.82. The lowest BCUT2D eigenvalue weighted by molar-refractivity contribution is -0.139. The van der Waals surface area contributed by atoms with Crippen LogP contribution in [0.25, 0.3) is 5.76 Å². The van der Waals surface area contributed by atoms with Crippen LogP contribution in [0.3, 0.4) is 0 Å². The van der Waals surface area contributed by atoms with E-state index >= 15 is 0 Å². The Morgan fingerprint density at radius 2 is 1.79 bits per heavy atom. The fourth-order valence-electron chi connectivity index (χ4n) is 3.54. The molecule has 1 atom stereocenters. The number of ether oxygens (including phenoxy) is 2. The number of benzene rings is 2. The van der Waals surface area contributed by atoms with E-state index in [9.17, 15) is 14.7 Å². The van der Waals surface area contributed by atoms with E-state index in [0.717, 1.165) is 5.56 Å². The number of carbonyl (C=O) groups is 2. The maximum atomic E-state index is 12.9. The van der Waals surface area contributed by atoms with Crippen LogP contribution in [0.4, 0.5) is 0 Å². The summed E-state index contributed by atoms with van der Waals surface area (Å²) < 4.78 is 10.7. The molecule has 1 fully saturated rings. The van der Waals surface area contributed by atoms with Crippen LogP contribution in [0.15, 0.2) is 54.1 Å². The summed E-state index contributed by atoms with van der Waals surface area (Å²) in [5, 5.41) is 11.0. The van der Waals surface area contributed by atoms with Crippen LogP contribution >= 0.6 is 0 Å². The number of rotatable bonds is 7. The molecular weight excluding hydrogens is 370 g/mol. The van der Waals surface area contributed by atoms with Gasteiger partial charge in [0.1, 0.15) is 17.3 Å². The lowest BCUT2D eigenvalue weighted by Gasteiger charge is -2.25. The average molecular weight is 395 g/mol. The summed E-state index contributed by atoms with van der Waals surface area (Å²) in [5.41, 5.74) is 1.26. The first-order valence-corrected chi connectivity index (χ1v) is 9.67. The van der Waals surface area contributed by atoms with Gasteiger partial charge in [-0.15, -0.1) is 0 Å². The zero-order chi connectivity index (χ0) is 21.0. The third-order valence-corrected chi connectivity index (χ3v) is 4.85. The Bertz CT molecular complexity index is 933. The van der Waals surface area contributed by atoms with Crippen molar-refractivity contribution in [1.82, 2.24) is 4.90 Å². The first-order valence-electron chi connectivity index (χ1n) is 9.67. The lowest BCUT2D eigenvalue weighted by Crippen LogP contribution is -2.30. The molecule has 6 nitrogen and oxygen atoms in total.